The fourth-order valence-electron chi connectivity index (χ4n) is 3.48. The molecule has 0 aromatic heterocycles. The van der Waals surface area contributed by atoms with Crippen LogP contribution >= 0.6 is 0 Å². The van der Waals surface area contributed by atoms with Gasteiger partial charge in [0.15, 0.2) is 11.5 Å². The zero-order chi connectivity index (χ0) is 19.9. The first kappa shape index (κ1) is 20.5. The number of methoxy groups -OCH3 is 2. The molecule has 152 valence electrons. The van der Waals surface area contributed by atoms with Gasteiger partial charge in [-0.1, -0.05) is 18.2 Å². The summed E-state index contributed by atoms with van der Waals surface area (Å²) < 4.78 is 22.5. The minimum atomic E-state index is -0.585. The molecule has 6 heteroatoms. The van der Waals surface area contributed by atoms with Gasteiger partial charge in [-0.15, -0.1) is 0 Å². The Morgan fingerprint density at radius 1 is 1.14 bits per heavy atom. The SMILES string of the molecule is COc1cc2c(cc1OC)C(CN(C)CC(O)COc1ccccc1)OCC2. The summed E-state index contributed by atoms with van der Waals surface area (Å²) in [5, 5.41) is 10.3. The first-order valence-electron chi connectivity index (χ1n) is 9.51. The molecule has 0 radical (unpaired) electrons. The predicted octanol–water partition coefficient (Wildman–Crippen LogP) is 2.69. The molecule has 0 aliphatic carbocycles. The second kappa shape index (κ2) is 9.78. The maximum atomic E-state index is 10.3. The topological polar surface area (TPSA) is 60.4 Å². The Morgan fingerprint density at radius 3 is 2.57 bits per heavy atom. The number of nitrogens with zero attached hydrogens (tertiary/aromatic N) is 1. The van der Waals surface area contributed by atoms with Crippen LogP contribution in [0.25, 0.3) is 0 Å². The summed E-state index contributed by atoms with van der Waals surface area (Å²) in [5.41, 5.74) is 2.33. The average Bonchev–Trinajstić information content (AvgIpc) is 2.72. The normalized spacial score (nSPS) is 17.1. The lowest BCUT2D eigenvalue weighted by Gasteiger charge is -2.31. The number of aliphatic hydroxyl groups excluding tert-OH is 1. The Kier molecular flexibility index (Phi) is 7.14. The summed E-state index contributed by atoms with van der Waals surface area (Å²) >= 11 is 0. The van der Waals surface area contributed by atoms with E-state index in [2.05, 4.69) is 4.90 Å². The van der Waals surface area contributed by atoms with Crippen LogP contribution in [0.5, 0.6) is 17.2 Å². The lowest BCUT2D eigenvalue weighted by Crippen LogP contribution is -2.37. The summed E-state index contributed by atoms with van der Waals surface area (Å²) in [6.45, 7) is 2.09. The number of benzene rings is 2. The van der Waals surface area contributed by atoms with Gasteiger partial charge in [-0.3, -0.25) is 0 Å². The molecule has 2 unspecified atom stereocenters. The van der Waals surface area contributed by atoms with Crippen molar-refractivity contribution in [2.24, 2.45) is 0 Å². The number of fused-ring (bicyclic) bond motifs is 1. The molecule has 1 aliphatic heterocycles. The highest BCUT2D eigenvalue weighted by atomic mass is 16.5. The van der Waals surface area contributed by atoms with E-state index in [1.807, 2.05) is 49.5 Å². The standard InChI is InChI=1S/C22H29NO5/c1-23(13-17(24)15-28-18-7-5-4-6-8-18)14-22-19-12-21(26-3)20(25-2)11-16(19)9-10-27-22/h4-8,11-12,17,22,24H,9-10,13-15H2,1-3H3. The maximum Gasteiger partial charge on any atom is 0.161 e. The van der Waals surface area contributed by atoms with E-state index >= 15 is 0 Å². The Morgan fingerprint density at radius 2 is 1.86 bits per heavy atom. The highest BCUT2D eigenvalue weighted by molar-refractivity contribution is 5.49. The van der Waals surface area contributed by atoms with Crippen molar-refractivity contribution >= 4 is 0 Å². The smallest absolute Gasteiger partial charge is 0.161 e. The molecule has 0 spiro atoms. The summed E-state index contributed by atoms with van der Waals surface area (Å²) in [5.74, 6) is 2.20. The van der Waals surface area contributed by atoms with E-state index in [-0.39, 0.29) is 12.7 Å². The quantitative estimate of drug-likeness (QED) is 0.714. The van der Waals surface area contributed by atoms with E-state index in [0.29, 0.717) is 25.4 Å². The van der Waals surface area contributed by atoms with Crippen molar-refractivity contribution < 1.29 is 24.1 Å². The van der Waals surface area contributed by atoms with E-state index in [9.17, 15) is 5.11 Å². The maximum absolute atomic E-state index is 10.3. The van der Waals surface area contributed by atoms with Crippen molar-refractivity contribution in [2.45, 2.75) is 18.6 Å². The summed E-state index contributed by atoms with van der Waals surface area (Å²) in [4.78, 5) is 2.06. The number of ether oxygens (including phenoxy) is 4. The molecule has 0 bridgehead atoms. The number of rotatable bonds is 9. The fraction of sp³-hybridized carbons (Fsp3) is 0.455. The zero-order valence-corrected chi connectivity index (χ0v) is 16.8. The van der Waals surface area contributed by atoms with Crippen molar-refractivity contribution in [1.82, 2.24) is 4.90 Å². The van der Waals surface area contributed by atoms with Gasteiger partial charge < -0.3 is 29.0 Å². The highest BCUT2D eigenvalue weighted by Gasteiger charge is 2.25. The van der Waals surface area contributed by atoms with Crippen LogP contribution in [0.1, 0.15) is 17.2 Å². The van der Waals surface area contributed by atoms with Gasteiger partial charge in [0.2, 0.25) is 0 Å². The molecule has 28 heavy (non-hydrogen) atoms. The Hall–Kier alpha value is -2.28. The largest absolute Gasteiger partial charge is 0.493 e. The van der Waals surface area contributed by atoms with Crippen LogP contribution in [0.4, 0.5) is 0 Å². The second-order valence-corrected chi connectivity index (χ2v) is 7.01. The van der Waals surface area contributed by atoms with Gasteiger partial charge in [0.1, 0.15) is 18.5 Å². The van der Waals surface area contributed by atoms with Crippen LogP contribution < -0.4 is 14.2 Å². The van der Waals surface area contributed by atoms with Crippen LogP contribution in [-0.4, -0.2) is 63.7 Å². The molecule has 3 rings (SSSR count). The Balaban J connectivity index is 1.58. The molecule has 1 N–H and O–H groups in total. The number of aliphatic hydroxyl groups is 1. The molecule has 2 aromatic rings. The van der Waals surface area contributed by atoms with E-state index in [4.69, 9.17) is 18.9 Å². The molecule has 1 aliphatic rings. The van der Waals surface area contributed by atoms with Crippen molar-refractivity contribution in [3.63, 3.8) is 0 Å². The minimum absolute atomic E-state index is 0.0733. The van der Waals surface area contributed by atoms with Gasteiger partial charge in [-0.05, 0) is 48.9 Å². The number of hydrogen-bond donors (Lipinski definition) is 1. The van der Waals surface area contributed by atoms with Crippen LogP contribution in [0.2, 0.25) is 0 Å². The van der Waals surface area contributed by atoms with Gasteiger partial charge in [0.25, 0.3) is 0 Å². The van der Waals surface area contributed by atoms with Crippen molar-refractivity contribution in [2.75, 3.05) is 47.6 Å². The minimum Gasteiger partial charge on any atom is -0.493 e. The summed E-state index contributed by atoms with van der Waals surface area (Å²) in [6, 6.07) is 13.6. The predicted molar refractivity (Wildman–Crippen MR) is 107 cm³/mol. The van der Waals surface area contributed by atoms with Crippen molar-refractivity contribution in [1.29, 1.82) is 0 Å². The van der Waals surface area contributed by atoms with E-state index in [0.717, 1.165) is 23.5 Å². The van der Waals surface area contributed by atoms with Gasteiger partial charge in [0.05, 0.1) is 26.9 Å². The second-order valence-electron chi connectivity index (χ2n) is 7.01. The highest BCUT2D eigenvalue weighted by Crippen LogP contribution is 2.37. The van der Waals surface area contributed by atoms with Crippen LogP contribution in [-0.2, 0) is 11.2 Å². The third kappa shape index (κ3) is 5.16. The molecule has 0 saturated carbocycles. The molecule has 1 heterocycles. The molecule has 2 aromatic carbocycles. The Labute approximate surface area is 166 Å². The van der Waals surface area contributed by atoms with Gasteiger partial charge >= 0.3 is 0 Å². The lowest BCUT2D eigenvalue weighted by molar-refractivity contribution is 0.00687. The van der Waals surface area contributed by atoms with Crippen LogP contribution in [0, 0.1) is 0 Å². The third-order valence-corrected chi connectivity index (χ3v) is 4.87. The van der Waals surface area contributed by atoms with Crippen LogP contribution in [0.3, 0.4) is 0 Å². The van der Waals surface area contributed by atoms with Gasteiger partial charge in [-0.25, -0.2) is 0 Å². The monoisotopic (exact) mass is 387 g/mol. The third-order valence-electron chi connectivity index (χ3n) is 4.87. The molecule has 2 atom stereocenters. The number of para-hydroxylation sites is 1. The molecule has 0 fully saturated rings. The average molecular weight is 387 g/mol. The zero-order valence-electron chi connectivity index (χ0n) is 16.8. The first-order chi connectivity index (χ1) is 13.6. The van der Waals surface area contributed by atoms with Crippen molar-refractivity contribution in [3.05, 3.63) is 53.6 Å². The lowest BCUT2D eigenvalue weighted by atomic mass is 9.96. The first-order valence-corrected chi connectivity index (χ1v) is 9.51. The number of hydrogen-bond acceptors (Lipinski definition) is 6. The van der Waals surface area contributed by atoms with Crippen LogP contribution in [0.15, 0.2) is 42.5 Å². The van der Waals surface area contributed by atoms with E-state index in [1.165, 1.54) is 5.56 Å². The number of likely N-dealkylation sites (N-methyl/N-ethyl adjacent to an activating group) is 1. The van der Waals surface area contributed by atoms with Gasteiger partial charge in [0, 0.05) is 13.1 Å². The van der Waals surface area contributed by atoms with E-state index < -0.39 is 6.10 Å². The molecular weight excluding hydrogens is 358 g/mol. The van der Waals surface area contributed by atoms with Crippen molar-refractivity contribution in [3.8, 4) is 17.2 Å². The van der Waals surface area contributed by atoms with Gasteiger partial charge in [-0.2, -0.15) is 0 Å². The van der Waals surface area contributed by atoms with E-state index in [1.54, 1.807) is 14.2 Å². The fourth-order valence-corrected chi connectivity index (χ4v) is 3.48. The molecular formula is C22H29NO5. The summed E-state index contributed by atoms with van der Waals surface area (Å²) in [7, 11) is 5.26. The Bertz CT molecular complexity index is 752. The molecule has 6 nitrogen and oxygen atoms in total. The molecule has 0 saturated heterocycles. The summed E-state index contributed by atoms with van der Waals surface area (Å²) in [6.07, 6.45) is 0.193. The molecule has 0 amide bonds.